The highest BCUT2D eigenvalue weighted by Crippen LogP contribution is 2.27. The van der Waals surface area contributed by atoms with Crippen LogP contribution in [0.4, 0.5) is 5.82 Å². The third-order valence-corrected chi connectivity index (χ3v) is 2.74. The van der Waals surface area contributed by atoms with Crippen LogP contribution in [0, 0.1) is 0 Å². The van der Waals surface area contributed by atoms with Crippen LogP contribution in [0.15, 0.2) is 17.1 Å². The second-order valence-corrected chi connectivity index (χ2v) is 3.97. The van der Waals surface area contributed by atoms with Crippen LogP contribution in [0.3, 0.4) is 0 Å². The lowest BCUT2D eigenvalue weighted by Gasteiger charge is -2.15. The number of nitrogens with two attached hydrogens (primary N) is 1. The summed E-state index contributed by atoms with van der Waals surface area (Å²) in [5, 5.41) is 18.3. The van der Waals surface area contributed by atoms with Gasteiger partial charge in [0.05, 0.1) is 12.7 Å². The molecule has 1 aromatic heterocycles. The van der Waals surface area contributed by atoms with Gasteiger partial charge in [-0.2, -0.15) is 4.98 Å². The molecule has 0 amide bonds. The minimum atomic E-state index is -0.758. The fourth-order valence-electron chi connectivity index (χ4n) is 1.85. The van der Waals surface area contributed by atoms with Gasteiger partial charge in [0.2, 0.25) is 0 Å². The van der Waals surface area contributed by atoms with Crippen molar-refractivity contribution in [1.29, 1.82) is 0 Å². The summed E-state index contributed by atoms with van der Waals surface area (Å²) in [7, 11) is 0. The van der Waals surface area contributed by atoms with Crippen LogP contribution in [0.2, 0.25) is 0 Å². The minimum absolute atomic E-state index is 0.0608. The molecule has 0 spiro atoms. The first-order valence-electron chi connectivity index (χ1n) is 5.48. The molecular weight excluding hydrogens is 242 g/mol. The summed E-state index contributed by atoms with van der Waals surface area (Å²) < 4.78 is 11.5. The number of anilines is 1. The van der Waals surface area contributed by atoms with Crippen LogP contribution in [0.1, 0.15) is 12.6 Å². The second-order valence-electron chi connectivity index (χ2n) is 3.97. The molecule has 8 nitrogen and oxygen atoms in total. The lowest BCUT2D eigenvalue weighted by Crippen LogP contribution is -2.28. The Hall–Kier alpha value is -1.48. The van der Waals surface area contributed by atoms with Crippen molar-refractivity contribution in [3.63, 3.8) is 0 Å². The predicted octanol–water partition coefficient (Wildman–Crippen LogP) is -1.56. The van der Waals surface area contributed by atoms with E-state index < -0.39 is 30.9 Å². The van der Waals surface area contributed by atoms with Crippen molar-refractivity contribution in [1.82, 2.24) is 9.55 Å². The normalized spacial score (nSPS) is 27.6. The SMILES string of the molecule is Nc1ccn([C@H]2C[C@H](O)[C@@H](COCO)O2)c(=O)n1. The lowest BCUT2D eigenvalue weighted by atomic mass is 10.2. The Morgan fingerprint density at radius 1 is 1.67 bits per heavy atom. The average molecular weight is 257 g/mol. The van der Waals surface area contributed by atoms with E-state index in [1.165, 1.54) is 16.8 Å². The second kappa shape index (κ2) is 5.44. The maximum absolute atomic E-state index is 11.6. The fraction of sp³-hybridized carbons (Fsp3) is 0.600. The van der Waals surface area contributed by atoms with Gasteiger partial charge in [0.1, 0.15) is 24.9 Å². The smallest absolute Gasteiger partial charge is 0.351 e. The monoisotopic (exact) mass is 257 g/mol. The molecule has 0 aliphatic carbocycles. The quantitative estimate of drug-likeness (QED) is 0.558. The molecule has 2 rings (SSSR count). The highest BCUT2D eigenvalue weighted by atomic mass is 16.6. The van der Waals surface area contributed by atoms with Gasteiger partial charge >= 0.3 is 5.69 Å². The molecule has 0 aromatic carbocycles. The van der Waals surface area contributed by atoms with E-state index in [1.807, 2.05) is 0 Å². The van der Waals surface area contributed by atoms with Crippen molar-refractivity contribution < 1.29 is 19.7 Å². The molecule has 1 aliphatic rings. The van der Waals surface area contributed by atoms with Crippen LogP contribution >= 0.6 is 0 Å². The molecule has 3 atom stereocenters. The molecule has 18 heavy (non-hydrogen) atoms. The molecule has 2 heterocycles. The van der Waals surface area contributed by atoms with E-state index >= 15 is 0 Å². The van der Waals surface area contributed by atoms with Crippen molar-refractivity contribution >= 4 is 5.82 Å². The zero-order valence-corrected chi connectivity index (χ0v) is 9.60. The summed E-state index contributed by atoms with van der Waals surface area (Å²) in [5.41, 5.74) is 4.85. The molecule has 1 fully saturated rings. The Labute approximate surface area is 103 Å². The average Bonchev–Trinajstić information content (AvgIpc) is 2.68. The van der Waals surface area contributed by atoms with Gasteiger partial charge in [-0.05, 0) is 6.07 Å². The molecule has 4 N–H and O–H groups in total. The van der Waals surface area contributed by atoms with Crippen LogP contribution in [0.5, 0.6) is 0 Å². The van der Waals surface area contributed by atoms with E-state index in [9.17, 15) is 9.90 Å². The maximum Gasteiger partial charge on any atom is 0.351 e. The first-order chi connectivity index (χ1) is 8.61. The Morgan fingerprint density at radius 3 is 3.11 bits per heavy atom. The van der Waals surface area contributed by atoms with E-state index in [4.69, 9.17) is 20.3 Å². The van der Waals surface area contributed by atoms with Gasteiger partial charge in [0.15, 0.2) is 0 Å². The van der Waals surface area contributed by atoms with Crippen LogP contribution < -0.4 is 11.4 Å². The van der Waals surface area contributed by atoms with E-state index in [1.54, 1.807) is 0 Å². The zero-order chi connectivity index (χ0) is 13.1. The van der Waals surface area contributed by atoms with Crippen molar-refractivity contribution in [2.45, 2.75) is 24.9 Å². The number of nitrogens with zero attached hydrogens (tertiary/aromatic N) is 2. The van der Waals surface area contributed by atoms with Crippen LogP contribution in [-0.2, 0) is 9.47 Å². The molecule has 0 unspecified atom stereocenters. The Morgan fingerprint density at radius 2 is 2.44 bits per heavy atom. The van der Waals surface area contributed by atoms with Crippen molar-refractivity contribution in [3.8, 4) is 0 Å². The summed E-state index contributed by atoms with van der Waals surface area (Å²) in [4.78, 5) is 15.2. The third kappa shape index (κ3) is 2.67. The van der Waals surface area contributed by atoms with Gasteiger partial charge < -0.3 is 25.4 Å². The van der Waals surface area contributed by atoms with E-state index in [-0.39, 0.29) is 18.8 Å². The first kappa shape index (κ1) is 13.0. The summed E-state index contributed by atoms with van der Waals surface area (Å²) in [6.07, 6.45) is -0.215. The Balaban J connectivity index is 2.09. The molecule has 0 saturated carbocycles. The number of ether oxygens (including phenoxy) is 2. The van der Waals surface area contributed by atoms with Gasteiger partial charge in [-0.15, -0.1) is 0 Å². The van der Waals surface area contributed by atoms with E-state index in [2.05, 4.69) is 4.98 Å². The number of rotatable bonds is 4. The minimum Gasteiger partial charge on any atom is -0.390 e. The zero-order valence-electron chi connectivity index (χ0n) is 9.60. The van der Waals surface area contributed by atoms with E-state index in [0.29, 0.717) is 0 Å². The number of aliphatic hydroxyl groups is 2. The van der Waals surface area contributed by atoms with Gasteiger partial charge in [-0.3, -0.25) is 4.57 Å². The molecule has 1 aliphatic heterocycles. The van der Waals surface area contributed by atoms with Crippen molar-refractivity contribution in [3.05, 3.63) is 22.7 Å². The molecule has 8 heteroatoms. The summed E-state index contributed by atoms with van der Waals surface area (Å²) in [6.45, 7) is -0.383. The van der Waals surface area contributed by atoms with E-state index in [0.717, 1.165) is 0 Å². The standard InChI is InChI=1S/C10H15N3O5/c11-8-1-2-13(10(16)12-8)9-3-6(15)7(18-9)4-17-5-14/h1-2,6-7,9,14-15H,3-5H2,(H2,11,12,16)/t6-,7+,9+/m0/s1. The van der Waals surface area contributed by atoms with Crippen LogP contribution in [-0.4, -0.2) is 45.4 Å². The lowest BCUT2D eigenvalue weighted by molar-refractivity contribution is -0.0923. The van der Waals surface area contributed by atoms with Crippen molar-refractivity contribution in [2.24, 2.45) is 0 Å². The topological polar surface area (TPSA) is 120 Å². The molecule has 0 bridgehead atoms. The molecule has 100 valence electrons. The van der Waals surface area contributed by atoms with Gasteiger partial charge in [0.25, 0.3) is 0 Å². The highest BCUT2D eigenvalue weighted by molar-refractivity contribution is 5.23. The van der Waals surface area contributed by atoms with Gasteiger partial charge in [-0.1, -0.05) is 0 Å². The fourth-order valence-corrected chi connectivity index (χ4v) is 1.85. The summed E-state index contributed by atoms with van der Waals surface area (Å²) in [6, 6.07) is 1.48. The highest BCUT2D eigenvalue weighted by Gasteiger charge is 2.35. The molecular formula is C10H15N3O5. The number of nitrogen functional groups attached to an aromatic ring is 1. The summed E-state index contributed by atoms with van der Waals surface area (Å²) >= 11 is 0. The predicted molar refractivity (Wildman–Crippen MR) is 60.5 cm³/mol. The van der Waals surface area contributed by atoms with Gasteiger partial charge in [0, 0.05) is 12.6 Å². The molecule has 1 aromatic rings. The third-order valence-electron chi connectivity index (χ3n) is 2.74. The number of hydrogen-bond acceptors (Lipinski definition) is 7. The van der Waals surface area contributed by atoms with Gasteiger partial charge in [-0.25, -0.2) is 4.79 Å². The Bertz CT molecular complexity index is 463. The number of hydrogen-bond donors (Lipinski definition) is 3. The largest absolute Gasteiger partial charge is 0.390 e. The number of aromatic nitrogens is 2. The van der Waals surface area contributed by atoms with Crippen molar-refractivity contribution in [2.75, 3.05) is 19.1 Å². The Kier molecular flexibility index (Phi) is 3.92. The number of aliphatic hydroxyl groups excluding tert-OH is 2. The molecule has 0 radical (unpaired) electrons. The summed E-state index contributed by atoms with van der Waals surface area (Å²) in [5.74, 6) is 0.134. The van der Waals surface area contributed by atoms with Crippen LogP contribution in [0.25, 0.3) is 0 Å². The maximum atomic E-state index is 11.6. The first-order valence-corrected chi connectivity index (χ1v) is 5.48. The molecule has 1 saturated heterocycles.